The van der Waals surface area contributed by atoms with Crippen LogP contribution in [0.1, 0.15) is 37.9 Å². The van der Waals surface area contributed by atoms with Gasteiger partial charge in [0, 0.05) is 6.61 Å². The maximum Gasteiger partial charge on any atom is 0.312 e. The van der Waals surface area contributed by atoms with E-state index in [0.717, 1.165) is 25.0 Å². The number of ether oxygens (including phenoxy) is 2. The molecule has 4 rings (SSSR count). The van der Waals surface area contributed by atoms with E-state index in [2.05, 4.69) is 0 Å². The predicted octanol–water partition coefficient (Wildman–Crippen LogP) is 3.11. The summed E-state index contributed by atoms with van der Waals surface area (Å²) in [5.74, 6) is 0.402. The van der Waals surface area contributed by atoms with E-state index in [1.54, 1.807) is 0 Å². The molecule has 2 saturated heterocycles. The fraction of sp³-hybridized carbons (Fsp3) is 0.562. The van der Waals surface area contributed by atoms with Gasteiger partial charge in [-0.3, -0.25) is 4.79 Å². The molecule has 3 nitrogen and oxygen atoms in total. The smallest absolute Gasteiger partial charge is 0.312 e. The molecule has 0 spiro atoms. The summed E-state index contributed by atoms with van der Waals surface area (Å²) in [6.45, 7) is 2.75. The molecule has 3 aliphatic rings. The summed E-state index contributed by atoms with van der Waals surface area (Å²) in [4.78, 5) is 12.3. The van der Waals surface area contributed by atoms with Gasteiger partial charge in [0.25, 0.3) is 0 Å². The summed E-state index contributed by atoms with van der Waals surface area (Å²) in [5, 5.41) is 0. The molecular formula is C16H20O3. The van der Waals surface area contributed by atoms with E-state index in [-0.39, 0.29) is 24.1 Å². The van der Waals surface area contributed by atoms with E-state index in [1.165, 1.54) is 6.42 Å². The molecule has 1 saturated carbocycles. The van der Waals surface area contributed by atoms with Crippen LogP contribution in [0.15, 0.2) is 30.3 Å². The third-order valence-corrected chi connectivity index (χ3v) is 4.31. The van der Waals surface area contributed by atoms with Crippen molar-refractivity contribution in [3.05, 3.63) is 35.9 Å². The Morgan fingerprint density at radius 3 is 2.68 bits per heavy atom. The van der Waals surface area contributed by atoms with Gasteiger partial charge in [-0.25, -0.2) is 0 Å². The minimum atomic E-state index is -0.186. The molecule has 2 bridgehead atoms. The highest BCUT2D eigenvalue weighted by molar-refractivity contribution is 5.73. The molecule has 2 heterocycles. The zero-order valence-electron chi connectivity index (χ0n) is 11.2. The first-order valence-electron chi connectivity index (χ1n) is 7.11. The van der Waals surface area contributed by atoms with Crippen LogP contribution < -0.4 is 0 Å². The average Bonchev–Trinajstić information content (AvgIpc) is 2.49. The minimum Gasteiger partial charge on any atom is -0.457 e. The van der Waals surface area contributed by atoms with Crippen molar-refractivity contribution in [3.63, 3.8) is 0 Å². The van der Waals surface area contributed by atoms with Crippen LogP contribution in [-0.4, -0.2) is 18.7 Å². The Balaban J connectivity index is 1.62. The zero-order valence-corrected chi connectivity index (χ0v) is 11.2. The third kappa shape index (κ3) is 2.66. The lowest BCUT2D eigenvalue weighted by atomic mass is 9.77. The highest BCUT2D eigenvalue weighted by atomic mass is 16.5. The van der Waals surface area contributed by atoms with E-state index in [9.17, 15) is 4.79 Å². The highest BCUT2D eigenvalue weighted by Crippen LogP contribution is 2.38. The summed E-state index contributed by atoms with van der Waals surface area (Å²) in [5.41, 5.74) is 1.04. The molecule has 3 fully saturated rings. The van der Waals surface area contributed by atoms with E-state index >= 15 is 0 Å². The summed E-state index contributed by atoms with van der Waals surface area (Å²) >= 11 is 0. The third-order valence-electron chi connectivity index (χ3n) is 4.31. The maximum atomic E-state index is 12.3. The lowest BCUT2D eigenvalue weighted by molar-refractivity contribution is -0.172. The standard InChI is InChI=1S/C16H20O3/c1-11(13-5-3-2-4-6-13)19-16(17)14-9-12-7-8-15(14)18-10-12/h2-6,11-12,14-15H,7-10H2,1H3/t11?,12?,14-,15?/m0/s1. The van der Waals surface area contributed by atoms with E-state index in [1.807, 2.05) is 37.3 Å². The van der Waals surface area contributed by atoms with Gasteiger partial charge >= 0.3 is 5.97 Å². The second-order valence-corrected chi connectivity index (χ2v) is 5.65. The van der Waals surface area contributed by atoms with Crippen LogP contribution in [0.3, 0.4) is 0 Å². The van der Waals surface area contributed by atoms with Gasteiger partial charge < -0.3 is 9.47 Å². The van der Waals surface area contributed by atoms with Gasteiger partial charge in [-0.1, -0.05) is 30.3 Å². The van der Waals surface area contributed by atoms with Crippen molar-refractivity contribution < 1.29 is 14.3 Å². The molecule has 102 valence electrons. The van der Waals surface area contributed by atoms with Crippen molar-refractivity contribution in [1.82, 2.24) is 0 Å². The second kappa shape index (κ2) is 5.33. The second-order valence-electron chi connectivity index (χ2n) is 5.65. The number of hydrogen-bond donors (Lipinski definition) is 0. The number of esters is 1. The van der Waals surface area contributed by atoms with Crippen LogP contribution in [0.2, 0.25) is 0 Å². The Hall–Kier alpha value is -1.35. The molecule has 1 aromatic rings. The number of carbonyl (C=O) groups excluding carboxylic acids is 1. The molecule has 0 amide bonds. The Morgan fingerprint density at radius 1 is 1.32 bits per heavy atom. The zero-order chi connectivity index (χ0) is 13.2. The molecule has 4 atom stereocenters. The Bertz CT molecular complexity index is 435. The van der Waals surface area contributed by atoms with Gasteiger partial charge in [0.2, 0.25) is 0 Å². The molecule has 0 aromatic heterocycles. The van der Waals surface area contributed by atoms with Crippen LogP contribution >= 0.6 is 0 Å². The van der Waals surface area contributed by atoms with Crippen molar-refractivity contribution in [2.75, 3.05) is 6.61 Å². The number of hydrogen-bond acceptors (Lipinski definition) is 3. The van der Waals surface area contributed by atoms with E-state index in [0.29, 0.717) is 5.92 Å². The van der Waals surface area contributed by atoms with Crippen LogP contribution in [0.5, 0.6) is 0 Å². The van der Waals surface area contributed by atoms with Gasteiger partial charge in [0.05, 0.1) is 12.0 Å². The summed E-state index contributed by atoms with van der Waals surface area (Å²) in [6.07, 6.45) is 3.03. The van der Waals surface area contributed by atoms with Crippen molar-refractivity contribution >= 4 is 5.97 Å². The maximum absolute atomic E-state index is 12.3. The van der Waals surface area contributed by atoms with Crippen molar-refractivity contribution in [2.24, 2.45) is 11.8 Å². The molecule has 2 aliphatic heterocycles. The predicted molar refractivity (Wildman–Crippen MR) is 71.5 cm³/mol. The molecule has 0 N–H and O–H groups in total. The molecule has 0 radical (unpaired) electrons. The largest absolute Gasteiger partial charge is 0.457 e. The molecule has 3 unspecified atom stereocenters. The van der Waals surface area contributed by atoms with Gasteiger partial charge in [-0.15, -0.1) is 0 Å². The normalized spacial score (nSPS) is 30.9. The molecule has 19 heavy (non-hydrogen) atoms. The first-order chi connectivity index (χ1) is 9.24. The monoisotopic (exact) mass is 260 g/mol. The summed E-state index contributed by atoms with van der Waals surface area (Å²) in [7, 11) is 0. The number of rotatable bonds is 3. The Morgan fingerprint density at radius 2 is 2.11 bits per heavy atom. The molecular weight excluding hydrogens is 240 g/mol. The molecule has 1 aliphatic carbocycles. The SMILES string of the molecule is CC(OC(=O)[C@H]1CC2CCC1OC2)c1ccccc1. The summed E-state index contributed by atoms with van der Waals surface area (Å²) in [6, 6.07) is 9.87. The Labute approximate surface area is 113 Å². The topological polar surface area (TPSA) is 35.5 Å². The van der Waals surface area contributed by atoms with Crippen LogP contribution in [-0.2, 0) is 14.3 Å². The van der Waals surface area contributed by atoms with Crippen LogP contribution in [0.25, 0.3) is 0 Å². The first kappa shape index (κ1) is 12.7. The van der Waals surface area contributed by atoms with Crippen molar-refractivity contribution in [3.8, 4) is 0 Å². The fourth-order valence-corrected chi connectivity index (χ4v) is 3.14. The van der Waals surface area contributed by atoms with Crippen molar-refractivity contribution in [2.45, 2.75) is 38.4 Å². The fourth-order valence-electron chi connectivity index (χ4n) is 3.14. The molecule has 1 aromatic carbocycles. The van der Waals surface area contributed by atoms with Crippen LogP contribution in [0, 0.1) is 11.8 Å². The Kier molecular flexibility index (Phi) is 3.56. The quantitative estimate of drug-likeness (QED) is 0.783. The van der Waals surface area contributed by atoms with E-state index in [4.69, 9.17) is 9.47 Å². The minimum absolute atomic E-state index is 0.0568. The van der Waals surface area contributed by atoms with E-state index < -0.39 is 0 Å². The summed E-state index contributed by atoms with van der Waals surface area (Å²) < 4.78 is 11.3. The lowest BCUT2D eigenvalue weighted by Gasteiger charge is -2.41. The number of carbonyl (C=O) groups is 1. The highest BCUT2D eigenvalue weighted by Gasteiger charge is 2.41. The van der Waals surface area contributed by atoms with Gasteiger partial charge in [-0.2, -0.15) is 0 Å². The van der Waals surface area contributed by atoms with Gasteiger partial charge in [-0.05, 0) is 37.7 Å². The van der Waals surface area contributed by atoms with Crippen molar-refractivity contribution in [1.29, 1.82) is 0 Å². The lowest BCUT2D eigenvalue weighted by Crippen LogP contribution is -2.44. The average molecular weight is 260 g/mol. The number of benzene rings is 1. The number of fused-ring (bicyclic) bond motifs is 3. The first-order valence-corrected chi connectivity index (χ1v) is 7.11. The molecule has 3 heteroatoms. The van der Waals surface area contributed by atoms with Crippen LogP contribution in [0.4, 0.5) is 0 Å². The van der Waals surface area contributed by atoms with Gasteiger partial charge in [0.1, 0.15) is 6.10 Å². The van der Waals surface area contributed by atoms with Gasteiger partial charge in [0.15, 0.2) is 0 Å².